The Bertz CT molecular complexity index is 1470. The zero-order valence-corrected chi connectivity index (χ0v) is 21.1. The average molecular weight is 545 g/mol. The van der Waals surface area contributed by atoms with Crippen molar-refractivity contribution in [3.05, 3.63) is 54.3 Å². The number of nitrogens with one attached hydrogen (secondary N) is 1. The molecule has 2 atom stereocenters. The second-order valence-corrected chi connectivity index (χ2v) is 11.2. The maximum absolute atomic E-state index is 14.8. The lowest BCUT2D eigenvalue weighted by atomic mass is 9.95. The smallest absolute Gasteiger partial charge is 0.270 e. The summed E-state index contributed by atoms with van der Waals surface area (Å²) in [6, 6.07) is 6.32. The van der Waals surface area contributed by atoms with Gasteiger partial charge in [0.2, 0.25) is 0 Å². The highest BCUT2D eigenvalue weighted by atomic mass is 32.2. The molecule has 13 heteroatoms. The van der Waals surface area contributed by atoms with Crippen LogP contribution in [0.4, 0.5) is 14.6 Å². The largest absolute Gasteiger partial charge is 0.414 e. The van der Waals surface area contributed by atoms with Crippen molar-refractivity contribution < 1.29 is 26.4 Å². The van der Waals surface area contributed by atoms with Gasteiger partial charge in [0, 0.05) is 31.7 Å². The van der Waals surface area contributed by atoms with Crippen LogP contribution >= 0.6 is 0 Å². The number of anilines is 1. The number of halogens is 2. The maximum Gasteiger partial charge on any atom is 0.270 e. The quantitative estimate of drug-likeness (QED) is 0.385. The van der Waals surface area contributed by atoms with Crippen molar-refractivity contribution in [2.45, 2.75) is 23.0 Å². The van der Waals surface area contributed by atoms with E-state index < -0.39 is 27.6 Å². The maximum atomic E-state index is 14.8. The molecular weight excluding hydrogens is 518 g/mol. The first-order valence-electron chi connectivity index (χ1n) is 12.1. The molecular formula is C25H26F2N6O4S. The summed E-state index contributed by atoms with van der Waals surface area (Å²) in [6.07, 6.45) is 5.42. The van der Waals surface area contributed by atoms with E-state index in [2.05, 4.69) is 25.5 Å². The van der Waals surface area contributed by atoms with Gasteiger partial charge >= 0.3 is 0 Å². The fourth-order valence-electron chi connectivity index (χ4n) is 4.30. The fraction of sp³-hybridized carbons (Fsp3) is 0.360. The van der Waals surface area contributed by atoms with Gasteiger partial charge in [-0.2, -0.15) is 0 Å². The van der Waals surface area contributed by atoms with E-state index in [0.29, 0.717) is 30.8 Å². The van der Waals surface area contributed by atoms with Crippen molar-refractivity contribution in [2.24, 2.45) is 5.92 Å². The van der Waals surface area contributed by atoms with E-state index in [0.717, 1.165) is 0 Å². The van der Waals surface area contributed by atoms with E-state index in [1.807, 2.05) is 6.08 Å². The molecule has 3 heterocycles. The van der Waals surface area contributed by atoms with Crippen LogP contribution in [-0.2, 0) is 14.6 Å². The molecule has 2 aromatic heterocycles. The third-order valence-electron chi connectivity index (χ3n) is 6.41. The molecule has 0 bridgehead atoms. The molecule has 200 valence electrons. The Morgan fingerprint density at radius 1 is 1.16 bits per heavy atom. The zero-order valence-electron chi connectivity index (χ0n) is 20.3. The number of alkyl halides is 1. The Morgan fingerprint density at radius 2 is 1.95 bits per heavy atom. The highest BCUT2D eigenvalue weighted by Gasteiger charge is 2.31. The van der Waals surface area contributed by atoms with Gasteiger partial charge < -0.3 is 20.2 Å². The Balaban J connectivity index is 1.35. The molecule has 10 nitrogen and oxygen atoms in total. The van der Waals surface area contributed by atoms with Gasteiger partial charge in [0.05, 0.1) is 34.2 Å². The first-order valence-corrected chi connectivity index (χ1v) is 13.6. The van der Waals surface area contributed by atoms with E-state index in [1.54, 1.807) is 18.2 Å². The summed E-state index contributed by atoms with van der Waals surface area (Å²) in [5.41, 5.74) is 7.32. The number of rotatable bonds is 9. The monoisotopic (exact) mass is 544 g/mol. The van der Waals surface area contributed by atoms with E-state index in [4.69, 9.17) is 14.9 Å². The molecule has 38 heavy (non-hydrogen) atoms. The van der Waals surface area contributed by atoms with Crippen LogP contribution in [0.25, 0.3) is 28.4 Å². The van der Waals surface area contributed by atoms with Crippen molar-refractivity contribution in [3.63, 3.8) is 0 Å². The number of ether oxygens (including phenoxy) is 1. The number of nitrogens with two attached hydrogens (primary N) is 1. The summed E-state index contributed by atoms with van der Waals surface area (Å²) in [6.45, 7) is 0.815. The van der Waals surface area contributed by atoms with E-state index >= 15 is 0 Å². The average Bonchev–Trinajstić information content (AvgIpc) is 3.63. The number of hydrogen-bond acceptors (Lipinski definition) is 10. The van der Waals surface area contributed by atoms with Crippen molar-refractivity contribution in [1.82, 2.24) is 25.5 Å². The van der Waals surface area contributed by atoms with Gasteiger partial charge in [0.1, 0.15) is 12.5 Å². The molecule has 3 aromatic rings. The number of aromatic nitrogens is 4. The molecule has 3 N–H and O–H groups in total. The topological polar surface area (TPSA) is 146 Å². The fourth-order valence-corrected chi connectivity index (χ4v) is 5.88. The second kappa shape index (κ2) is 11.1. The molecule has 1 aliphatic carbocycles. The van der Waals surface area contributed by atoms with Gasteiger partial charge in [-0.05, 0) is 24.5 Å². The van der Waals surface area contributed by atoms with Crippen LogP contribution in [0.3, 0.4) is 0 Å². The van der Waals surface area contributed by atoms with Crippen LogP contribution in [0.5, 0.6) is 0 Å². The first-order chi connectivity index (χ1) is 18.4. The molecule has 1 aliphatic heterocycles. The number of hydrogen-bond donors (Lipinski definition) is 2. The van der Waals surface area contributed by atoms with Gasteiger partial charge in [0.25, 0.3) is 11.8 Å². The first kappa shape index (κ1) is 26.1. The Kier molecular flexibility index (Phi) is 7.58. The molecule has 2 unspecified atom stereocenters. The zero-order chi connectivity index (χ0) is 26.7. The summed E-state index contributed by atoms with van der Waals surface area (Å²) in [4.78, 5) is 8.87. The minimum Gasteiger partial charge on any atom is -0.414 e. The summed E-state index contributed by atoms with van der Waals surface area (Å²) < 4.78 is 63.6. The molecule has 0 radical (unpaired) electrons. The standard InChI is InChI=1S/C25H26F2N6O4S/c26-8-9-29-12-15-1-6-19(20(27)11-15)24-32-33-25(37-24)22-23(28)30-13-21(31-22)16-2-4-17(5-3-16)38(34,35)18-7-10-36-14-18/h1-6,13,15,18,29H,7-12,14H2,(H2,28,30). The van der Waals surface area contributed by atoms with Crippen molar-refractivity contribution in [1.29, 1.82) is 0 Å². The summed E-state index contributed by atoms with van der Waals surface area (Å²) >= 11 is 0. The summed E-state index contributed by atoms with van der Waals surface area (Å²) in [5.74, 6) is -0.550. The SMILES string of the molecule is Nc1ncc(-c2ccc(S(=O)(=O)C3CCOC3)cc2)nc1-c1nnc(C2=C(F)CC(CNCCF)C=C2)o1. The molecule has 5 rings (SSSR count). The van der Waals surface area contributed by atoms with Crippen LogP contribution < -0.4 is 11.1 Å². The predicted octanol–water partition coefficient (Wildman–Crippen LogP) is 3.15. The van der Waals surface area contributed by atoms with Crippen molar-refractivity contribution in [3.8, 4) is 22.8 Å². The van der Waals surface area contributed by atoms with Crippen LogP contribution in [0, 0.1) is 5.92 Å². The number of sulfone groups is 1. The normalized spacial score (nSPS) is 19.8. The summed E-state index contributed by atoms with van der Waals surface area (Å²) in [7, 11) is -3.49. The minimum absolute atomic E-state index is 0.0269. The van der Waals surface area contributed by atoms with Crippen LogP contribution in [0.2, 0.25) is 0 Å². The van der Waals surface area contributed by atoms with Crippen LogP contribution in [-0.4, -0.2) is 66.8 Å². The van der Waals surface area contributed by atoms with Crippen molar-refractivity contribution >= 4 is 21.2 Å². The molecule has 1 fully saturated rings. The highest BCUT2D eigenvalue weighted by molar-refractivity contribution is 7.92. The highest BCUT2D eigenvalue weighted by Crippen LogP contribution is 2.33. The molecule has 1 aromatic carbocycles. The third-order valence-corrected chi connectivity index (χ3v) is 8.59. The second-order valence-electron chi connectivity index (χ2n) is 8.99. The van der Waals surface area contributed by atoms with Gasteiger partial charge in [-0.1, -0.05) is 24.3 Å². The minimum atomic E-state index is -3.49. The molecule has 0 saturated carbocycles. The van der Waals surface area contributed by atoms with E-state index in [-0.39, 0.29) is 59.3 Å². The Labute approximate surface area is 218 Å². The van der Waals surface area contributed by atoms with Gasteiger partial charge in [0.15, 0.2) is 21.3 Å². The number of allylic oxidation sites excluding steroid dienone is 3. The van der Waals surface area contributed by atoms with Gasteiger partial charge in [-0.15, -0.1) is 10.2 Å². The summed E-state index contributed by atoms with van der Waals surface area (Å²) in [5, 5.41) is 10.3. The number of nitrogen functional groups attached to an aromatic ring is 1. The lowest BCUT2D eigenvalue weighted by Gasteiger charge is -2.17. The van der Waals surface area contributed by atoms with E-state index in [9.17, 15) is 17.2 Å². The molecule has 0 amide bonds. The Morgan fingerprint density at radius 3 is 2.66 bits per heavy atom. The van der Waals surface area contributed by atoms with Gasteiger partial charge in [-0.25, -0.2) is 27.2 Å². The lowest BCUT2D eigenvalue weighted by molar-refractivity contribution is 0.198. The predicted molar refractivity (Wildman–Crippen MR) is 136 cm³/mol. The lowest BCUT2D eigenvalue weighted by Crippen LogP contribution is -2.24. The number of nitrogens with zero attached hydrogens (tertiary/aromatic N) is 4. The number of benzene rings is 1. The van der Waals surface area contributed by atoms with Crippen molar-refractivity contribution in [2.75, 3.05) is 38.7 Å². The Hall–Kier alpha value is -3.55. The van der Waals surface area contributed by atoms with E-state index in [1.165, 1.54) is 18.3 Å². The van der Waals surface area contributed by atoms with Crippen LogP contribution in [0.1, 0.15) is 18.7 Å². The van der Waals surface area contributed by atoms with Gasteiger partial charge in [-0.3, -0.25) is 0 Å². The van der Waals surface area contributed by atoms with Crippen LogP contribution in [0.15, 0.2) is 57.8 Å². The third kappa shape index (κ3) is 5.35. The molecule has 0 spiro atoms. The molecule has 1 saturated heterocycles. The molecule has 2 aliphatic rings.